The normalized spacial score (nSPS) is 12.7. The summed E-state index contributed by atoms with van der Waals surface area (Å²) in [4.78, 5) is 37.1. The number of benzene rings is 3. The van der Waals surface area contributed by atoms with Crippen molar-refractivity contribution in [2.24, 2.45) is 5.92 Å². The Bertz CT molecular complexity index is 1450. The van der Waals surface area contributed by atoms with E-state index < -0.39 is 18.0 Å². The number of nitrogens with one attached hydrogen (secondary N) is 1. The lowest BCUT2D eigenvalue weighted by Crippen LogP contribution is -2.29. The minimum atomic E-state index is -1.32. The highest BCUT2D eigenvalue weighted by Gasteiger charge is 2.28. The number of aliphatic hydroxyl groups is 1. The highest BCUT2D eigenvalue weighted by Crippen LogP contribution is 2.27. The molecule has 2 atom stereocenters. The molecule has 4 aromatic rings. The third-order valence-electron chi connectivity index (χ3n) is 6.24. The fraction of sp³-hybridized carbons (Fsp3) is 0.250. The van der Waals surface area contributed by atoms with E-state index >= 15 is 0 Å². The highest BCUT2D eigenvalue weighted by atomic mass is 16.4. The summed E-state index contributed by atoms with van der Waals surface area (Å²) in [5, 5.41) is 31.6. The second kappa shape index (κ2) is 11.6. The molecule has 0 spiro atoms. The van der Waals surface area contributed by atoms with Crippen LogP contribution in [0.15, 0.2) is 77.6 Å². The Hall–Kier alpha value is -4.37. The second-order valence-electron chi connectivity index (χ2n) is 8.84. The molecule has 37 heavy (non-hydrogen) atoms. The Morgan fingerprint density at radius 2 is 1.70 bits per heavy atom. The second-order valence-corrected chi connectivity index (χ2v) is 8.84. The lowest BCUT2D eigenvalue weighted by molar-refractivity contribution is -0.146. The van der Waals surface area contributed by atoms with E-state index in [-0.39, 0.29) is 24.4 Å². The van der Waals surface area contributed by atoms with Crippen molar-refractivity contribution in [3.8, 4) is 0 Å². The zero-order chi connectivity index (χ0) is 26.4. The molecule has 3 aromatic carbocycles. The van der Waals surface area contributed by atoms with Gasteiger partial charge >= 0.3 is 5.97 Å². The molecule has 0 saturated carbocycles. The first-order valence-electron chi connectivity index (χ1n) is 12.1. The number of hydrogen-bond donors (Lipinski definition) is 3. The first kappa shape index (κ1) is 25.7. The van der Waals surface area contributed by atoms with E-state index in [2.05, 4.69) is 22.6 Å². The Morgan fingerprint density at radius 3 is 2.38 bits per heavy atom. The topological polar surface area (TPSA) is 134 Å². The van der Waals surface area contributed by atoms with Gasteiger partial charge < -0.3 is 15.5 Å². The van der Waals surface area contributed by atoms with E-state index in [9.17, 15) is 24.6 Å². The zero-order valence-corrected chi connectivity index (χ0v) is 20.4. The Balaban J connectivity index is 1.41. The number of carboxylic acid groups (broad SMARTS) is 1. The smallest absolute Gasteiger partial charge is 0.309 e. The molecule has 9 nitrogen and oxygen atoms in total. The molecular weight excluding hydrogens is 472 g/mol. The number of carboxylic acids is 1. The van der Waals surface area contributed by atoms with Gasteiger partial charge in [0.25, 0.3) is 11.5 Å². The van der Waals surface area contributed by atoms with Crippen LogP contribution in [0.1, 0.15) is 47.4 Å². The van der Waals surface area contributed by atoms with E-state index in [0.29, 0.717) is 27.7 Å². The summed E-state index contributed by atoms with van der Waals surface area (Å²) in [7, 11) is 0. The van der Waals surface area contributed by atoms with Crippen molar-refractivity contribution in [2.45, 2.75) is 38.8 Å². The van der Waals surface area contributed by atoms with Gasteiger partial charge in [-0.15, -0.1) is 5.10 Å². The maximum absolute atomic E-state index is 12.6. The van der Waals surface area contributed by atoms with E-state index in [4.69, 9.17) is 0 Å². The van der Waals surface area contributed by atoms with Crippen LogP contribution in [0.4, 0.5) is 5.69 Å². The standard InChI is InChI=1S/C28H28N4O5/c1-2-5-18-8-10-20(11-9-18)26(34)29-21-14-12-19(13-15-21)25(33)23(28(36)37)16-17-32-27(35)22-6-3-4-7-24(22)30-31-32/h3-4,6-15,23,25,33H,2,5,16-17H2,1H3,(H,29,34)(H,36,37)/t23-,25+/m0/s1. The van der Waals surface area contributed by atoms with Crippen LogP contribution < -0.4 is 10.9 Å². The van der Waals surface area contributed by atoms with Crippen LogP contribution >= 0.6 is 0 Å². The van der Waals surface area contributed by atoms with Crippen LogP contribution in [0, 0.1) is 5.92 Å². The number of nitrogens with zero attached hydrogens (tertiary/aromatic N) is 3. The van der Waals surface area contributed by atoms with Crippen molar-refractivity contribution >= 4 is 28.5 Å². The fourth-order valence-electron chi connectivity index (χ4n) is 4.16. The summed E-state index contributed by atoms with van der Waals surface area (Å²) in [5.74, 6) is -2.64. The van der Waals surface area contributed by atoms with Gasteiger partial charge in [-0.3, -0.25) is 14.4 Å². The maximum atomic E-state index is 12.6. The van der Waals surface area contributed by atoms with E-state index in [1.165, 1.54) is 5.56 Å². The molecule has 9 heteroatoms. The third kappa shape index (κ3) is 6.07. The van der Waals surface area contributed by atoms with Gasteiger partial charge in [-0.05, 0) is 60.4 Å². The summed E-state index contributed by atoms with van der Waals surface area (Å²) < 4.78 is 1.11. The number of hydrogen-bond acceptors (Lipinski definition) is 6. The number of anilines is 1. The molecule has 0 radical (unpaired) electrons. The molecule has 0 bridgehead atoms. The molecule has 4 rings (SSSR count). The number of aryl methyl sites for hydroxylation is 2. The molecule has 1 aromatic heterocycles. The summed E-state index contributed by atoms with van der Waals surface area (Å²) in [6, 6.07) is 20.6. The minimum absolute atomic E-state index is 0.0180. The van der Waals surface area contributed by atoms with Crippen molar-refractivity contribution < 1.29 is 19.8 Å². The molecule has 1 amide bonds. The van der Waals surface area contributed by atoms with Crippen molar-refractivity contribution in [2.75, 3.05) is 5.32 Å². The minimum Gasteiger partial charge on any atom is -0.481 e. The molecular formula is C28H28N4O5. The molecule has 0 aliphatic heterocycles. The number of aromatic nitrogens is 3. The van der Waals surface area contributed by atoms with Crippen molar-refractivity contribution in [1.82, 2.24) is 15.0 Å². The quantitative estimate of drug-likeness (QED) is 0.301. The van der Waals surface area contributed by atoms with E-state index in [1.54, 1.807) is 60.7 Å². The summed E-state index contributed by atoms with van der Waals surface area (Å²) in [5.41, 5.74) is 2.68. The summed E-state index contributed by atoms with van der Waals surface area (Å²) >= 11 is 0. The third-order valence-corrected chi connectivity index (χ3v) is 6.24. The molecule has 0 aliphatic rings. The van der Waals surface area contributed by atoms with Gasteiger partial charge in [-0.1, -0.05) is 55.0 Å². The summed E-state index contributed by atoms with van der Waals surface area (Å²) in [6.45, 7) is 2.08. The van der Waals surface area contributed by atoms with Gasteiger partial charge in [0.05, 0.1) is 17.4 Å². The van der Waals surface area contributed by atoms with Gasteiger partial charge in [0, 0.05) is 17.8 Å². The van der Waals surface area contributed by atoms with Crippen molar-refractivity contribution in [3.05, 3.63) is 99.8 Å². The van der Waals surface area contributed by atoms with E-state index in [0.717, 1.165) is 17.5 Å². The highest BCUT2D eigenvalue weighted by molar-refractivity contribution is 6.04. The number of aliphatic carboxylic acids is 1. The van der Waals surface area contributed by atoms with Crippen LogP contribution in [0.5, 0.6) is 0 Å². The Morgan fingerprint density at radius 1 is 1.00 bits per heavy atom. The Labute approximate surface area is 213 Å². The van der Waals surface area contributed by atoms with Crippen LogP contribution in [0.25, 0.3) is 10.9 Å². The average molecular weight is 501 g/mol. The molecule has 3 N–H and O–H groups in total. The van der Waals surface area contributed by atoms with Crippen molar-refractivity contribution in [3.63, 3.8) is 0 Å². The Kier molecular flexibility index (Phi) is 8.05. The predicted octanol–water partition coefficient (Wildman–Crippen LogP) is 3.82. The number of amides is 1. The summed E-state index contributed by atoms with van der Waals surface area (Å²) in [6.07, 6.45) is 0.630. The van der Waals surface area contributed by atoms with Crippen LogP contribution in [0.3, 0.4) is 0 Å². The number of carbonyl (C=O) groups excluding carboxylic acids is 1. The molecule has 0 unspecified atom stereocenters. The molecule has 1 heterocycles. The van der Waals surface area contributed by atoms with E-state index in [1.807, 2.05) is 12.1 Å². The lowest BCUT2D eigenvalue weighted by atomic mass is 9.92. The fourth-order valence-corrected chi connectivity index (χ4v) is 4.16. The van der Waals surface area contributed by atoms with Crippen LogP contribution in [0.2, 0.25) is 0 Å². The monoisotopic (exact) mass is 500 g/mol. The van der Waals surface area contributed by atoms with Gasteiger partial charge in [-0.2, -0.15) is 0 Å². The van der Waals surface area contributed by atoms with Crippen LogP contribution in [-0.4, -0.2) is 37.1 Å². The number of rotatable bonds is 10. The lowest BCUT2D eigenvalue weighted by Gasteiger charge is -2.20. The van der Waals surface area contributed by atoms with Gasteiger partial charge in [-0.25, -0.2) is 4.68 Å². The van der Waals surface area contributed by atoms with Gasteiger partial charge in [0.15, 0.2) is 0 Å². The molecule has 0 fully saturated rings. The first-order chi connectivity index (χ1) is 17.9. The molecule has 0 saturated heterocycles. The number of fused-ring (bicyclic) bond motifs is 1. The van der Waals surface area contributed by atoms with Crippen LogP contribution in [-0.2, 0) is 17.8 Å². The predicted molar refractivity (Wildman–Crippen MR) is 139 cm³/mol. The molecule has 0 aliphatic carbocycles. The largest absolute Gasteiger partial charge is 0.481 e. The van der Waals surface area contributed by atoms with Gasteiger partial charge in [0.2, 0.25) is 0 Å². The maximum Gasteiger partial charge on any atom is 0.309 e. The number of aliphatic hydroxyl groups excluding tert-OH is 1. The number of carbonyl (C=O) groups is 2. The molecule has 190 valence electrons. The van der Waals surface area contributed by atoms with Crippen molar-refractivity contribution in [1.29, 1.82) is 0 Å². The first-order valence-corrected chi connectivity index (χ1v) is 12.1. The van der Waals surface area contributed by atoms with Gasteiger partial charge in [0.1, 0.15) is 5.52 Å². The average Bonchev–Trinajstić information content (AvgIpc) is 2.91. The zero-order valence-electron chi connectivity index (χ0n) is 20.4. The SMILES string of the molecule is CCCc1ccc(C(=O)Nc2ccc([C@@H](O)[C@H](CCn3nnc4ccccc4c3=O)C(=O)O)cc2)cc1.